The van der Waals surface area contributed by atoms with Crippen LogP contribution in [-0.2, 0) is 0 Å². The highest BCUT2D eigenvalue weighted by Crippen LogP contribution is 2.24. The molecule has 1 aromatic heterocycles. The first kappa shape index (κ1) is 12.5. The van der Waals surface area contributed by atoms with Gasteiger partial charge in [0.15, 0.2) is 0 Å². The number of halogens is 4. The maximum atomic E-state index is 13.2. The average Bonchev–Trinajstić information content (AvgIpc) is 2.22. The van der Waals surface area contributed by atoms with Crippen molar-refractivity contribution < 1.29 is 9.13 Å². The molecule has 1 aromatic carbocycles. The molecule has 0 fully saturated rings. The molecule has 1 heterocycles. The molecule has 2 rings (SSSR count). The standard InChI is InChI=1S/C9H3BrCl2FN3O/c10-5-2-1-4(3-6(5)13)17-9-15-7(11)14-8(12)16-9/h1-3H. The predicted molar refractivity (Wildman–Crippen MR) is 64.0 cm³/mol. The van der Waals surface area contributed by atoms with Crippen LogP contribution in [0.2, 0.25) is 10.6 Å². The topological polar surface area (TPSA) is 47.9 Å². The summed E-state index contributed by atoms with van der Waals surface area (Å²) in [6.45, 7) is 0. The zero-order valence-electron chi connectivity index (χ0n) is 7.99. The van der Waals surface area contributed by atoms with E-state index < -0.39 is 5.82 Å². The van der Waals surface area contributed by atoms with Gasteiger partial charge in [-0.15, -0.1) is 0 Å². The Bertz CT molecular complexity index is 550. The number of ether oxygens (including phenoxy) is 1. The Morgan fingerprint density at radius 1 is 1.12 bits per heavy atom. The SMILES string of the molecule is Fc1cc(Oc2nc(Cl)nc(Cl)n2)ccc1Br. The van der Waals surface area contributed by atoms with E-state index in [0.29, 0.717) is 4.47 Å². The quantitative estimate of drug-likeness (QED) is 0.833. The molecule has 0 bridgehead atoms. The Kier molecular flexibility index (Phi) is 3.76. The Morgan fingerprint density at radius 3 is 2.35 bits per heavy atom. The van der Waals surface area contributed by atoms with E-state index in [0.717, 1.165) is 0 Å². The third-order valence-corrected chi connectivity index (χ3v) is 2.64. The van der Waals surface area contributed by atoms with Crippen LogP contribution in [0.5, 0.6) is 11.8 Å². The molecule has 0 radical (unpaired) electrons. The highest BCUT2D eigenvalue weighted by atomic mass is 79.9. The van der Waals surface area contributed by atoms with E-state index in [4.69, 9.17) is 27.9 Å². The van der Waals surface area contributed by atoms with Crippen LogP contribution in [0.1, 0.15) is 0 Å². The van der Waals surface area contributed by atoms with Crippen LogP contribution >= 0.6 is 39.1 Å². The third kappa shape index (κ3) is 3.24. The van der Waals surface area contributed by atoms with Crippen molar-refractivity contribution >= 4 is 39.1 Å². The number of nitrogens with zero attached hydrogens (tertiary/aromatic N) is 3. The minimum atomic E-state index is -0.464. The van der Waals surface area contributed by atoms with Crippen LogP contribution in [0.3, 0.4) is 0 Å². The van der Waals surface area contributed by atoms with Gasteiger partial charge < -0.3 is 4.74 Å². The lowest BCUT2D eigenvalue weighted by Gasteiger charge is -2.04. The van der Waals surface area contributed by atoms with Crippen LogP contribution in [0.25, 0.3) is 0 Å². The zero-order valence-corrected chi connectivity index (χ0v) is 11.1. The number of aromatic nitrogens is 3. The largest absolute Gasteiger partial charge is 0.424 e. The van der Waals surface area contributed by atoms with Gasteiger partial charge in [-0.1, -0.05) is 0 Å². The van der Waals surface area contributed by atoms with E-state index in [1.807, 2.05) is 0 Å². The molecule has 88 valence electrons. The van der Waals surface area contributed by atoms with Crippen molar-refractivity contribution in [2.75, 3.05) is 0 Å². The third-order valence-electron chi connectivity index (χ3n) is 1.66. The number of hydrogen-bond acceptors (Lipinski definition) is 4. The molecule has 0 saturated carbocycles. The summed E-state index contributed by atoms with van der Waals surface area (Å²) in [5.41, 5.74) is 0. The van der Waals surface area contributed by atoms with E-state index >= 15 is 0 Å². The molecule has 0 spiro atoms. The normalized spacial score (nSPS) is 10.4. The van der Waals surface area contributed by atoms with Crippen molar-refractivity contribution in [3.8, 4) is 11.8 Å². The Balaban J connectivity index is 2.28. The monoisotopic (exact) mass is 337 g/mol. The van der Waals surface area contributed by atoms with Crippen molar-refractivity contribution in [1.29, 1.82) is 0 Å². The summed E-state index contributed by atoms with van der Waals surface area (Å²) in [7, 11) is 0. The molecule has 4 nitrogen and oxygen atoms in total. The Morgan fingerprint density at radius 2 is 1.76 bits per heavy atom. The fraction of sp³-hybridized carbons (Fsp3) is 0. The number of hydrogen-bond donors (Lipinski definition) is 0. The first-order valence-electron chi connectivity index (χ1n) is 4.24. The summed E-state index contributed by atoms with van der Waals surface area (Å²) in [5, 5.41) is -0.199. The van der Waals surface area contributed by atoms with Gasteiger partial charge in [0.25, 0.3) is 0 Å². The van der Waals surface area contributed by atoms with Gasteiger partial charge in [0.1, 0.15) is 11.6 Å². The van der Waals surface area contributed by atoms with Gasteiger partial charge in [0.05, 0.1) is 4.47 Å². The molecule has 8 heteroatoms. The summed E-state index contributed by atoms with van der Waals surface area (Å²) in [4.78, 5) is 10.9. The second kappa shape index (κ2) is 5.12. The molecular formula is C9H3BrCl2FN3O. The van der Waals surface area contributed by atoms with Gasteiger partial charge in [-0.05, 0) is 51.3 Å². The van der Waals surface area contributed by atoms with E-state index in [9.17, 15) is 4.39 Å². The highest BCUT2D eigenvalue weighted by Gasteiger charge is 2.07. The van der Waals surface area contributed by atoms with Crippen molar-refractivity contribution in [1.82, 2.24) is 15.0 Å². The summed E-state index contributed by atoms with van der Waals surface area (Å²) in [6, 6.07) is 4.11. The maximum Gasteiger partial charge on any atom is 0.327 e. The molecular weight excluding hydrogens is 336 g/mol. The van der Waals surface area contributed by atoms with Crippen LogP contribution < -0.4 is 4.74 Å². The van der Waals surface area contributed by atoms with Gasteiger partial charge in [0.2, 0.25) is 10.6 Å². The Hall–Kier alpha value is -0.980. The maximum absolute atomic E-state index is 13.2. The first-order valence-corrected chi connectivity index (χ1v) is 5.79. The summed E-state index contributed by atoms with van der Waals surface area (Å²) < 4.78 is 18.7. The number of benzene rings is 1. The number of rotatable bonds is 2. The molecule has 0 atom stereocenters. The fourth-order valence-corrected chi connectivity index (χ4v) is 1.59. The molecule has 0 aliphatic heterocycles. The van der Waals surface area contributed by atoms with Crippen LogP contribution in [0.15, 0.2) is 22.7 Å². The smallest absolute Gasteiger partial charge is 0.327 e. The zero-order chi connectivity index (χ0) is 12.4. The van der Waals surface area contributed by atoms with E-state index in [2.05, 4.69) is 30.9 Å². The van der Waals surface area contributed by atoms with E-state index in [1.54, 1.807) is 6.07 Å². The molecule has 0 N–H and O–H groups in total. The molecule has 0 saturated heterocycles. The molecule has 2 aromatic rings. The second-order valence-corrected chi connectivity index (χ2v) is 4.36. The van der Waals surface area contributed by atoms with Crippen LogP contribution in [0.4, 0.5) is 4.39 Å². The first-order chi connectivity index (χ1) is 8.04. The van der Waals surface area contributed by atoms with Crippen molar-refractivity contribution in [3.05, 3.63) is 39.1 Å². The minimum absolute atomic E-state index is 0.0995. The van der Waals surface area contributed by atoms with Gasteiger partial charge in [0, 0.05) is 6.07 Å². The predicted octanol–water partition coefficient (Wildman–Crippen LogP) is 3.87. The highest BCUT2D eigenvalue weighted by molar-refractivity contribution is 9.10. The molecule has 0 amide bonds. The summed E-state index contributed by atoms with van der Waals surface area (Å²) in [5.74, 6) is -0.238. The van der Waals surface area contributed by atoms with E-state index in [-0.39, 0.29) is 22.3 Å². The molecule has 0 unspecified atom stereocenters. The second-order valence-electron chi connectivity index (χ2n) is 2.83. The Labute approximate surface area is 114 Å². The van der Waals surface area contributed by atoms with Crippen molar-refractivity contribution in [3.63, 3.8) is 0 Å². The molecule has 0 aliphatic carbocycles. The van der Waals surface area contributed by atoms with Gasteiger partial charge in [-0.2, -0.15) is 15.0 Å². The summed E-state index contributed by atoms with van der Waals surface area (Å²) >= 11 is 14.2. The lowest BCUT2D eigenvalue weighted by Crippen LogP contribution is -1.95. The van der Waals surface area contributed by atoms with Gasteiger partial charge in [-0.25, -0.2) is 4.39 Å². The lowest BCUT2D eigenvalue weighted by atomic mass is 10.3. The molecule has 17 heavy (non-hydrogen) atoms. The minimum Gasteiger partial charge on any atom is -0.424 e. The summed E-state index contributed by atoms with van der Waals surface area (Å²) in [6.07, 6.45) is 0. The van der Waals surface area contributed by atoms with Gasteiger partial charge in [-0.3, -0.25) is 0 Å². The van der Waals surface area contributed by atoms with Crippen LogP contribution in [0, 0.1) is 5.82 Å². The fourth-order valence-electron chi connectivity index (χ4n) is 1.00. The average molecular weight is 339 g/mol. The van der Waals surface area contributed by atoms with Crippen molar-refractivity contribution in [2.45, 2.75) is 0 Å². The van der Waals surface area contributed by atoms with Crippen molar-refractivity contribution in [2.24, 2.45) is 0 Å². The molecule has 0 aliphatic rings. The van der Waals surface area contributed by atoms with E-state index in [1.165, 1.54) is 12.1 Å². The van der Waals surface area contributed by atoms with Crippen LogP contribution in [-0.4, -0.2) is 15.0 Å². The lowest BCUT2D eigenvalue weighted by molar-refractivity contribution is 0.435. The van der Waals surface area contributed by atoms with Gasteiger partial charge >= 0.3 is 6.01 Å².